The molecule has 0 aliphatic carbocycles. The third-order valence-electron chi connectivity index (χ3n) is 5.58. The molecule has 0 bridgehead atoms. The first-order valence-corrected chi connectivity index (χ1v) is 11.4. The molecule has 5 heteroatoms. The van der Waals surface area contributed by atoms with Crippen LogP contribution in [0.2, 0.25) is 0 Å². The summed E-state index contributed by atoms with van der Waals surface area (Å²) in [6, 6.07) is 17.6. The molecule has 1 fully saturated rings. The van der Waals surface area contributed by atoms with Crippen LogP contribution in [0.4, 0.5) is 0 Å². The zero-order valence-corrected chi connectivity index (χ0v) is 19.6. The van der Waals surface area contributed by atoms with Gasteiger partial charge in [-0.25, -0.2) is 0 Å². The van der Waals surface area contributed by atoms with E-state index in [9.17, 15) is 9.59 Å². The molecule has 0 spiro atoms. The van der Waals surface area contributed by atoms with E-state index in [0.29, 0.717) is 31.5 Å². The maximum absolute atomic E-state index is 13.0. The van der Waals surface area contributed by atoms with Gasteiger partial charge in [0, 0.05) is 29.0 Å². The van der Waals surface area contributed by atoms with E-state index >= 15 is 0 Å². The third kappa shape index (κ3) is 6.18. The summed E-state index contributed by atoms with van der Waals surface area (Å²) in [6.45, 7) is 7.81. The Bertz CT molecular complexity index is 851. The molecule has 0 saturated carbocycles. The lowest BCUT2D eigenvalue weighted by Crippen LogP contribution is -2.44. The van der Waals surface area contributed by atoms with E-state index < -0.39 is 0 Å². The maximum Gasteiger partial charge on any atom is 0.253 e. The van der Waals surface area contributed by atoms with Crippen LogP contribution in [0.3, 0.4) is 0 Å². The number of amides is 2. The largest absolute Gasteiger partial charge is 0.349 e. The lowest BCUT2D eigenvalue weighted by molar-refractivity contribution is -0.127. The van der Waals surface area contributed by atoms with Gasteiger partial charge >= 0.3 is 0 Å². The molecular formula is C25H31BrN2O2. The zero-order chi connectivity index (χ0) is 21.7. The number of carbonyl (C=O) groups is 2. The lowest BCUT2D eigenvalue weighted by Gasteiger charge is -2.33. The summed E-state index contributed by atoms with van der Waals surface area (Å²) in [5.74, 6) is 0.0882. The van der Waals surface area contributed by atoms with Crippen molar-refractivity contribution in [3.05, 3.63) is 70.2 Å². The van der Waals surface area contributed by atoms with Crippen LogP contribution >= 0.6 is 15.9 Å². The van der Waals surface area contributed by atoms with Crippen LogP contribution < -0.4 is 5.32 Å². The monoisotopic (exact) mass is 470 g/mol. The van der Waals surface area contributed by atoms with Crippen molar-refractivity contribution in [1.82, 2.24) is 10.2 Å². The van der Waals surface area contributed by atoms with Crippen LogP contribution in [0.5, 0.6) is 0 Å². The standard InChI is InChI=1S/C25H31BrN2O2/c1-25(2,3)17-22(18-7-5-4-6-8-18)27-23(29)19-13-15-28(16-14-19)24(30)20-9-11-21(26)12-10-20/h4-12,19,22H,13-17H2,1-3H3,(H,27,29). The first-order valence-electron chi connectivity index (χ1n) is 10.6. The molecule has 3 rings (SSSR count). The summed E-state index contributed by atoms with van der Waals surface area (Å²) in [5.41, 5.74) is 1.94. The molecule has 0 radical (unpaired) electrons. The van der Waals surface area contributed by atoms with Crippen LogP contribution in [-0.4, -0.2) is 29.8 Å². The Morgan fingerprint density at radius 1 is 1.03 bits per heavy atom. The Kier molecular flexibility index (Phi) is 7.35. The summed E-state index contributed by atoms with van der Waals surface area (Å²) in [7, 11) is 0. The number of halogens is 1. The molecule has 1 aliphatic heterocycles. The Balaban J connectivity index is 1.59. The molecule has 1 unspecified atom stereocenters. The van der Waals surface area contributed by atoms with Crippen molar-refractivity contribution < 1.29 is 9.59 Å². The third-order valence-corrected chi connectivity index (χ3v) is 6.11. The molecular weight excluding hydrogens is 440 g/mol. The van der Waals surface area contributed by atoms with Crippen molar-refractivity contribution in [3.8, 4) is 0 Å². The summed E-state index contributed by atoms with van der Waals surface area (Å²) in [4.78, 5) is 27.6. The predicted molar refractivity (Wildman–Crippen MR) is 124 cm³/mol. The summed E-state index contributed by atoms with van der Waals surface area (Å²) >= 11 is 3.40. The van der Waals surface area contributed by atoms with Gasteiger partial charge < -0.3 is 10.2 Å². The first-order chi connectivity index (χ1) is 14.2. The summed E-state index contributed by atoms with van der Waals surface area (Å²) in [5, 5.41) is 3.29. The van der Waals surface area contributed by atoms with E-state index in [4.69, 9.17) is 0 Å². The Hall–Kier alpha value is -2.14. The number of benzene rings is 2. The van der Waals surface area contributed by atoms with Gasteiger partial charge in [0.1, 0.15) is 0 Å². The lowest BCUT2D eigenvalue weighted by atomic mass is 9.85. The number of hydrogen-bond donors (Lipinski definition) is 1. The summed E-state index contributed by atoms with van der Waals surface area (Å²) in [6.07, 6.45) is 2.28. The highest BCUT2D eigenvalue weighted by Crippen LogP contribution is 2.30. The number of likely N-dealkylation sites (tertiary alicyclic amines) is 1. The SMILES string of the molecule is CC(C)(C)CC(NC(=O)C1CCN(C(=O)c2ccc(Br)cc2)CC1)c1ccccc1. The van der Waals surface area contributed by atoms with Crippen molar-refractivity contribution in [3.63, 3.8) is 0 Å². The molecule has 160 valence electrons. The van der Waals surface area contributed by atoms with Crippen LogP contribution in [0.1, 0.15) is 62.0 Å². The number of rotatable bonds is 5. The van der Waals surface area contributed by atoms with E-state index in [1.807, 2.05) is 47.4 Å². The van der Waals surface area contributed by atoms with Gasteiger partial charge in [-0.2, -0.15) is 0 Å². The quantitative estimate of drug-likeness (QED) is 0.618. The molecule has 4 nitrogen and oxygen atoms in total. The molecule has 1 saturated heterocycles. The fourth-order valence-electron chi connectivity index (χ4n) is 3.96. The van der Waals surface area contributed by atoms with Gasteiger partial charge in [0.25, 0.3) is 5.91 Å². The van der Waals surface area contributed by atoms with Crippen molar-refractivity contribution in [2.75, 3.05) is 13.1 Å². The second-order valence-corrected chi connectivity index (χ2v) is 10.2. The van der Waals surface area contributed by atoms with Crippen molar-refractivity contribution in [1.29, 1.82) is 0 Å². The van der Waals surface area contributed by atoms with Gasteiger partial charge in [-0.15, -0.1) is 0 Å². The van der Waals surface area contributed by atoms with E-state index in [-0.39, 0.29) is 29.2 Å². The zero-order valence-electron chi connectivity index (χ0n) is 18.0. The molecule has 1 N–H and O–H groups in total. The van der Waals surface area contributed by atoms with Gasteiger partial charge in [-0.3, -0.25) is 9.59 Å². The van der Waals surface area contributed by atoms with Crippen molar-refractivity contribution >= 4 is 27.7 Å². The van der Waals surface area contributed by atoms with Gasteiger partial charge in [-0.05, 0) is 54.5 Å². The molecule has 30 heavy (non-hydrogen) atoms. The van der Waals surface area contributed by atoms with Gasteiger partial charge in [0.05, 0.1) is 6.04 Å². The van der Waals surface area contributed by atoms with Gasteiger partial charge in [0.2, 0.25) is 5.91 Å². The van der Waals surface area contributed by atoms with Gasteiger partial charge in [-0.1, -0.05) is 67.0 Å². The highest BCUT2D eigenvalue weighted by Gasteiger charge is 2.30. The Labute approximate surface area is 188 Å². The second-order valence-electron chi connectivity index (χ2n) is 9.31. The highest BCUT2D eigenvalue weighted by molar-refractivity contribution is 9.10. The number of nitrogens with one attached hydrogen (secondary N) is 1. The minimum absolute atomic E-state index is 0.00104. The topological polar surface area (TPSA) is 49.4 Å². The Morgan fingerprint density at radius 3 is 2.20 bits per heavy atom. The van der Waals surface area contributed by atoms with Gasteiger partial charge in [0.15, 0.2) is 0 Å². The average Bonchev–Trinajstić information content (AvgIpc) is 2.73. The molecule has 2 amide bonds. The number of nitrogens with zero attached hydrogens (tertiary/aromatic N) is 1. The van der Waals surface area contributed by atoms with Crippen LogP contribution in [0, 0.1) is 11.3 Å². The molecule has 1 aliphatic rings. The van der Waals surface area contributed by atoms with Crippen molar-refractivity contribution in [2.45, 2.75) is 46.1 Å². The molecule has 1 heterocycles. The number of piperidine rings is 1. The van der Waals surface area contributed by atoms with E-state index in [2.05, 4.69) is 54.2 Å². The minimum Gasteiger partial charge on any atom is -0.349 e. The Morgan fingerprint density at radius 2 is 1.63 bits per heavy atom. The van der Waals surface area contributed by atoms with E-state index in [1.165, 1.54) is 0 Å². The average molecular weight is 471 g/mol. The minimum atomic E-state index is -0.0508. The second kappa shape index (κ2) is 9.78. The van der Waals surface area contributed by atoms with Crippen molar-refractivity contribution in [2.24, 2.45) is 11.3 Å². The molecule has 2 aromatic carbocycles. The van der Waals surface area contributed by atoms with Crippen LogP contribution in [-0.2, 0) is 4.79 Å². The fraction of sp³-hybridized carbons (Fsp3) is 0.440. The number of hydrogen-bond acceptors (Lipinski definition) is 2. The smallest absolute Gasteiger partial charge is 0.253 e. The van der Waals surface area contributed by atoms with E-state index in [1.54, 1.807) is 0 Å². The molecule has 1 atom stereocenters. The first kappa shape index (κ1) is 22.5. The number of carbonyl (C=O) groups excluding carboxylic acids is 2. The normalized spacial score (nSPS) is 16.2. The summed E-state index contributed by atoms with van der Waals surface area (Å²) < 4.78 is 0.956. The molecule has 2 aromatic rings. The van der Waals surface area contributed by atoms with E-state index in [0.717, 1.165) is 16.5 Å². The molecule has 0 aromatic heterocycles. The highest BCUT2D eigenvalue weighted by atomic mass is 79.9. The van der Waals surface area contributed by atoms with Crippen LogP contribution in [0.25, 0.3) is 0 Å². The van der Waals surface area contributed by atoms with Crippen LogP contribution in [0.15, 0.2) is 59.1 Å². The fourth-order valence-corrected chi connectivity index (χ4v) is 4.22. The maximum atomic E-state index is 13.0. The predicted octanol–water partition coefficient (Wildman–Crippen LogP) is 5.60.